The van der Waals surface area contributed by atoms with Gasteiger partial charge in [0.1, 0.15) is 16.8 Å². The Morgan fingerprint density at radius 3 is 2.60 bits per heavy atom. The third kappa shape index (κ3) is 5.14. The number of nitrogens with one attached hydrogen (secondary N) is 2. The van der Waals surface area contributed by atoms with Crippen LogP contribution in [0.1, 0.15) is 29.6 Å². The molecule has 10 heteroatoms. The average Bonchev–Trinajstić information content (AvgIpc) is 2.89. The van der Waals surface area contributed by atoms with Gasteiger partial charge in [-0.25, -0.2) is 4.98 Å². The monoisotopic (exact) mass is 479 g/mol. The molecule has 2 N–H and O–H groups in total. The maximum absolute atomic E-state index is 13.3. The number of nitrogens with zero attached hydrogens (tertiary/aromatic N) is 5. The molecule has 0 aliphatic carbocycles. The number of hydrogen-bond acceptors (Lipinski definition) is 7. The number of fused-ring (bicyclic) bond motifs is 2. The van der Waals surface area contributed by atoms with Gasteiger partial charge in [0.2, 0.25) is 0 Å². The van der Waals surface area contributed by atoms with Crippen LogP contribution in [0.2, 0.25) is 0 Å². The van der Waals surface area contributed by atoms with Gasteiger partial charge in [0.15, 0.2) is 0 Å². The Bertz CT molecular complexity index is 1320. The van der Waals surface area contributed by atoms with E-state index in [1.165, 1.54) is 29.7 Å². The van der Waals surface area contributed by atoms with E-state index in [4.69, 9.17) is 15.1 Å². The van der Waals surface area contributed by atoms with E-state index < -0.39 is 0 Å². The Balaban J connectivity index is 1.47. The molecule has 2 saturated heterocycles. The molecule has 3 aromatic rings. The van der Waals surface area contributed by atoms with E-state index in [-0.39, 0.29) is 22.5 Å². The van der Waals surface area contributed by atoms with Gasteiger partial charge in [0.05, 0.1) is 24.2 Å². The van der Waals surface area contributed by atoms with Crippen molar-refractivity contribution in [2.45, 2.75) is 25.8 Å². The van der Waals surface area contributed by atoms with Gasteiger partial charge in [-0.15, -0.1) is 0 Å². The molecule has 1 amide bonds. The van der Waals surface area contributed by atoms with E-state index in [0.29, 0.717) is 49.5 Å². The van der Waals surface area contributed by atoms with Gasteiger partial charge >= 0.3 is 0 Å². The fourth-order valence-electron chi connectivity index (χ4n) is 4.95. The van der Waals surface area contributed by atoms with Gasteiger partial charge in [0, 0.05) is 45.5 Å². The minimum atomic E-state index is -0.327. The van der Waals surface area contributed by atoms with Crippen LogP contribution < -0.4 is 16.4 Å². The second-order valence-corrected chi connectivity index (χ2v) is 9.25. The van der Waals surface area contributed by atoms with Crippen molar-refractivity contribution in [2.24, 2.45) is 0 Å². The molecular weight excluding hydrogens is 446 g/mol. The predicted molar refractivity (Wildman–Crippen MR) is 133 cm³/mol. The molecule has 0 aromatic carbocycles. The summed E-state index contributed by atoms with van der Waals surface area (Å²) in [5, 5.41) is 12.2. The Morgan fingerprint density at radius 2 is 1.80 bits per heavy atom. The van der Waals surface area contributed by atoms with Crippen molar-refractivity contribution in [3.63, 3.8) is 0 Å². The van der Waals surface area contributed by atoms with Crippen LogP contribution in [0.3, 0.4) is 0 Å². The van der Waals surface area contributed by atoms with Gasteiger partial charge in [0.25, 0.3) is 11.5 Å². The minimum absolute atomic E-state index is 0.0772. The molecule has 0 unspecified atom stereocenters. The van der Waals surface area contributed by atoms with Crippen molar-refractivity contribution < 1.29 is 9.53 Å². The molecular formula is C25H33N7O3. The first-order valence-corrected chi connectivity index (χ1v) is 12.5. The molecule has 2 fully saturated rings. The summed E-state index contributed by atoms with van der Waals surface area (Å²) in [6, 6.07) is 6.92. The second kappa shape index (κ2) is 10.7. The first kappa shape index (κ1) is 23.7. The zero-order chi connectivity index (χ0) is 24.2. The molecule has 0 atom stereocenters. The topological polar surface area (TPSA) is 108 Å². The fourth-order valence-corrected chi connectivity index (χ4v) is 4.95. The number of carbonyl (C=O) groups excluding carboxylic acids is 1. The highest BCUT2D eigenvalue weighted by Gasteiger charge is 2.19. The van der Waals surface area contributed by atoms with E-state index in [1.807, 2.05) is 6.07 Å². The SMILES string of the molecule is N=c1c(C(=O)NCCN2CCCCC2)cc2c(=O)n3ccccc3nc2n1CCN1CCOCC1. The highest BCUT2D eigenvalue weighted by atomic mass is 16.5. The molecule has 10 nitrogen and oxygen atoms in total. The molecule has 2 aliphatic heterocycles. The summed E-state index contributed by atoms with van der Waals surface area (Å²) in [6.45, 7) is 7.58. The van der Waals surface area contributed by atoms with Crippen LogP contribution in [-0.2, 0) is 11.3 Å². The standard InChI is InChI=1S/C25H33N7O3/c26-22-19(24(33)27-7-11-29-8-3-1-4-9-29)18-20-23(28-21-6-2-5-10-31(21)25(20)34)32(22)13-12-30-14-16-35-17-15-30/h2,5-6,10,18,26H,1,3-4,7-9,11-17H2,(H,27,33). The molecule has 0 radical (unpaired) electrons. The second-order valence-electron chi connectivity index (χ2n) is 9.25. The Kier molecular flexibility index (Phi) is 7.21. The van der Waals surface area contributed by atoms with Crippen molar-refractivity contribution in [1.82, 2.24) is 29.1 Å². The van der Waals surface area contributed by atoms with E-state index >= 15 is 0 Å². The Labute approximate surface area is 203 Å². The molecule has 5 rings (SSSR count). The highest BCUT2D eigenvalue weighted by Crippen LogP contribution is 2.11. The summed E-state index contributed by atoms with van der Waals surface area (Å²) < 4.78 is 8.63. The quantitative estimate of drug-likeness (QED) is 0.483. The normalized spacial score (nSPS) is 17.7. The van der Waals surface area contributed by atoms with Gasteiger partial charge in [-0.2, -0.15) is 0 Å². The van der Waals surface area contributed by atoms with Gasteiger partial charge in [-0.1, -0.05) is 12.5 Å². The maximum atomic E-state index is 13.3. The van der Waals surface area contributed by atoms with Crippen molar-refractivity contribution >= 4 is 22.6 Å². The Hall–Kier alpha value is -3.08. The molecule has 5 heterocycles. The summed E-state index contributed by atoms with van der Waals surface area (Å²) in [5.41, 5.74) is 0.988. The third-order valence-corrected chi connectivity index (χ3v) is 6.97. The molecule has 186 valence electrons. The van der Waals surface area contributed by atoms with Crippen LogP contribution in [0.4, 0.5) is 0 Å². The summed E-state index contributed by atoms with van der Waals surface area (Å²) in [4.78, 5) is 35.8. The number of rotatable bonds is 7. The number of amides is 1. The zero-order valence-corrected chi connectivity index (χ0v) is 20.0. The lowest BCUT2D eigenvalue weighted by molar-refractivity contribution is 0.0363. The predicted octanol–water partition coefficient (Wildman–Crippen LogP) is 0.677. The minimum Gasteiger partial charge on any atom is -0.379 e. The number of carbonyl (C=O) groups is 1. The first-order chi connectivity index (χ1) is 17.1. The molecule has 0 spiro atoms. The molecule has 0 saturated carbocycles. The number of ether oxygens (including phenoxy) is 1. The molecule has 2 aliphatic rings. The number of morpholine rings is 1. The van der Waals surface area contributed by atoms with Gasteiger partial charge < -0.3 is 19.5 Å². The van der Waals surface area contributed by atoms with Crippen molar-refractivity contribution in [1.29, 1.82) is 5.41 Å². The largest absolute Gasteiger partial charge is 0.379 e. The number of piperidine rings is 1. The smallest absolute Gasteiger partial charge is 0.267 e. The van der Waals surface area contributed by atoms with E-state index in [0.717, 1.165) is 32.7 Å². The molecule has 0 bridgehead atoms. The van der Waals surface area contributed by atoms with Crippen LogP contribution in [0, 0.1) is 5.41 Å². The summed E-state index contributed by atoms with van der Waals surface area (Å²) in [7, 11) is 0. The lowest BCUT2D eigenvalue weighted by Crippen LogP contribution is -2.42. The first-order valence-electron chi connectivity index (χ1n) is 12.5. The van der Waals surface area contributed by atoms with Crippen molar-refractivity contribution in [3.8, 4) is 0 Å². The van der Waals surface area contributed by atoms with E-state index in [1.54, 1.807) is 22.9 Å². The number of aromatic nitrogens is 3. The van der Waals surface area contributed by atoms with Crippen LogP contribution in [0.5, 0.6) is 0 Å². The lowest BCUT2D eigenvalue weighted by Gasteiger charge is -2.27. The summed E-state index contributed by atoms with van der Waals surface area (Å²) in [6.07, 6.45) is 5.34. The number of hydrogen-bond donors (Lipinski definition) is 2. The lowest BCUT2D eigenvalue weighted by atomic mass is 10.1. The highest BCUT2D eigenvalue weighted by molar-refractivity contribution is 5.96. The van der Waals surface area contributed by atoms with Crippen LogP contribution >= 0.6 is 0 Å². The van der Waals surface area contributed by atoms with Crippen molar-refractivity contribution in [2.75, 3.05) is 59.0 Å². The van der Waals surface area contributed by atoms with E-state index in [9.17, 15) is 9.59 Å². The van der Waals surface area contributed by atoms with Crippen molar-refractivity contribution in [3.05, 3.63) is 51.9 Å². The fraction of sp³-hybridized carbons (Fsp3) is 0.520. The van der Waals surface area contributed by atoms with E-state index in [2.05, 4.69) is 15.1 Å². The summed E-state index contributed by atoms with van der Waals surface area (Å²) in [5.74, 6) is -0.327. The summed E-state index contributed by atoms with van der Waals surface area (Å²) >= 11 is 0. The van der Waals surface area contributed by atoms with Crippen LogP contribution in [-0.4, -0.2) is 88.7 Å². The van der Waals surface area contributed by atoms with Crippen LogP contribution in [0.15, 0.2) is 35.3 Å². The molecule has 35 heavy (non-hydrogen) atoms. The third-order valence-electron chi connectivity index (χ3n) is 6.97. The molecule has 3 aromatic heterocycles. The van der Waals surface area contributed by atoms with Gasteiger partial charge in [-0.05, 0) is 44.1 Å². The Morgan fingerprint density at radius 1 is 1.03 bits per heavy atom. The zero-order valence-electron chi connectivity index (χ0n) is 20.0. The maximum Gasteiger partial charge on any atom is 0.267 e. The number of pyridine rings is 2. The van der Waals surface area contributed by atoms with Crippen LogP contribution in [0.25, 0.3) is 16.7 Å². The average molecular weight is 480 g/mol. The number of likely N-dealkylation sites (tertiary alicyclic amines) is 1. The van der Waals surface area contributed by atoms with Gasteiger partial charge in [-0.3, -0.25) is 24.3 Å².